The van der Waals surface area contributed by atoms with E-state index >= 15 is 0 Å². The lowest BCUT2D eigenvalue weighted by Gasteiger charge is -2.47. The number of thiophene rings is 1. The van der Waals surface area contributed by atoms with E-state index in [-0.39, 0.29) is 12.3 Å². The van der Waals surface area contributed by atoms with Crippen molar-refractivity contribution in [3.63, 3.8) is 0 Å². The molecule has 3 N–H and O–H groups in total. The number of amides is 2. The molecule has 1 aromatic rings. The molecule has 0 radical (unpaired) electrons. The van der Waals surface area contributed by atoms with Gasteiger partial charge in [0.1, 0.15) is 6.04 Å². The van der Waals surface area contributed by atoms with Crippen molar-refractivity contribution in [3.05, 3.63) is 22.4 Å². The Balaban J connectivity index is 1.89. The lowest BCUT2D eigenvalue weighted by molar-refractivity contribution is -0.166. The van der Waals surface area contributed by atoms with Gasteiger partial charge in [-0.1, -0.05) is 0 Å². The van der Waals surface area contributed by atoms with Gasteiger partial charge in [-0.3, -0.25) is 19.3 Å². The van der Waals surface area contributed by atoms with Crippen LogP contribution in [0.4, 0.5) is 0 Å². The summed E-state index contributed by atoms with van der Waals surface area (Å²) in [6, 6.07) is 0.458. The number of hydrogen-bond acceptors (Lipinski definition) is 6. The van der Waals surface area contributed by atoms with Gasteiger partial charge in [0.2, 0.25) is 11.8 Å². The number of thioether (sulfide) groups is 1. The topological polar surface area (TPSA) is 124 Å². The fourth-order valence-electron chi connectivity index (χ4n) is 3.37. The minimum Gasteiger partial charge on any atom is -0.480 e. The Morgan fingerprint density at radius 1 is 1.36 bits per heavy atom. The molecule has 2 unspecified atom stereocenters. The fourth-order valence-corrected chi connectivity index (χ4v) is 5.90. The zero-order valence-corrected chi connectivity index (χ0v) is 15.0. The third-order valence-electron chi connectivity index (χ3n) is 4.34. The summed E-state index contributed by atoms with van der Waals surface area (Å²) in [6.45, 7) is 3.37. The van der Waals surface area contributed by atoms with Crippen molar-refractivity contribution in [3.8, 4) is 0 Å². The second-order valence-corrected chi connectivity index (χ2v) is 9.20. The van der Waals surface area contributed by atoms with Gasteiger partial charge < -0.3 is 15.5 Å². The average molecular weight is 384 g/mol. The molecule has 10 heteroatoms. The number of carbonyl (C=O) groups is 4. The lowest BCUT2D eigenvalue weighted by Crippen LogP contribution is -2.71. The smallest absolute Gasteiger partial charge is 0.327 e. The maximum atomic E-state index is 12.6. The summed E-state index contributed by atoms with van der Waals surface area (Å²) in [7, 11) is 0. The highest BCUT2D eigenvalue weighted by Crippen LogP contribution is 2.57. The van der Waals surface area contributed by atoms with Gasteiger partial charge in [-0.2, -0.15) is 11.3 Å². The monoisotopic (exact) mass is 384 g/mol. The summed E-state index contributed by atoms with van der Waals surface area (Å²) in [5.41, 5.74) is 0.348. The van der Waals surface area contributed by atoms with Crippen LogP contribution in [0.15, 0.2) is 16.8 Å². The number of carbonyl (C=O) groups excluding carboxylic acids is 2. The van der Waals surface area contributed by atoms with Crippen LogP contribution >= 0.6 is 23.1 Å². The van der Waals surface area contributed by atoms with E-state index in [4.69, 9.17) is 0 Å². The zero-order valence-electron chi connectivity index (χ0n) is 13.4. The standard InChI is InChI=1S/C15H16N2O6S2/c1-14(2)10(13(22)23)17-8(18)5-15(17,25-14)16-11(19)9(12(20)21)7-3-4-24-6-7/h3-4,6,9-10H,5H2,1-2H3,(H,16,19)(H,20,21)(H,22,23)/t9?,10-,15?/m0/s1. The molecule has 3 rings (SSSR count). The minimum atomic E-state index is -1.41. The molecule has 2 aliphatic heterocycles. The van der Waals surface area contributed by atoms with Gasteiger partial charge in [0, 0.05) is 4.75 Å². The average Bonchev–Trinajstić information content (AvgIpc) is 3.01. The molecular formula is C15H16N2O6S2. The Morgan fingerprint density at radius 2 is 2.04 bits per heavy atom. The first-order valence-electron chi connectivity index (χ1n) is 7.41. The van der Waals surface area contributed by atoms with Gasteiger partial charge >= 0.3 is 11.9 Å². The number of aliphatic carboxylic acids is 2. The number of nitrogens with one attached hydrogen (secondary N) is 1. The third-order valence-corrected chi connectivity index (χ3v) is 6.57. The van der Waals surface area contributed by atoms with E-state index in [1.54, 1.807) is 30.7 Å². The molecule has 3 atom stereocenters. The molecule has 25 heavy (non-hydrogen) atoms. The molecule has 1 aromatic heterocycles. The van der Waals surface area contributed by atoms with E-state index in [2.05, 4.69) is 5.32 Å². The predicted octanol–water partition coefficient (Wildman–Crippen LogP) is 0.897. The Bertz CT molecular complexity index is 762. The van der Waals surface area contributed by atoms with Crippen molar-refractivity contribution >= 4 is 46.9 Å². The normalized spacial score (nSPS) is 28.0. The Labute approximate surface area is 151 Å². The van der Waals surface area contributed by atoms with Gasteiger partial charge in [-0.25, -0.2) is 4.79 Å². The van der Waals surface area contributed by atoms with Crippen LogP contribution in [-0.2, 0) is 19.2 Å². The van der Waals surface area contributed by atoms with Crippen LogP contribution in [0.25, 0.3) is 0 Å². The van der Waals surface area contributed by atoms with Crippen molar-refractivity contribution in [2.45, 2.75) is 42.0 Å². The van der Waals surface area contributed by atoms with E-state index in [0.29, 0.717) is 5.56 Å². The summed E-state index contributed by atoms with van der Waals surface area (Å²) in [4.78, 5) is 47.7. The summed E-state index contributed by atoms with van der Waals surface area (Å²) in [5.74, 6) is -5.02. The first-order chi connectivity index (χ1) is 11.6. The first-order valence-corrected chi connectivity index (χ1v) is 9.17. The van der Waals surface area contributed by atoms with Crippen LogP contribution in [0, 0.1) is 0 Å². The van der Waals surface area contributed by atoms with Crippen molar-refractivity contribution in [2.75, 3.05) is 0 Å². The quantitative estimate of drug-likeness (QED) is 0.509. The molecule has 2 amide bonds. The molecule has 0 aliphatic carbocycles. The Morgan fingerprint density at radius 3 is 2.52 bits per heavy atom. The molecule has 3 heterocycles. The zero-order chi connectivity index (χ0) is 18.6. The van der Waals surface area contributed by atoms with Gasteiger partial charge in [0.25, 0.3) is 0 Å². The fraction of sp³-hybridized carbons (Fsp3) is 0.467. The maximum Gasteiger partial charge on any atom is 0.327 e. The van der Waals surface area contributed by atoms with Crippen molar-refractivity contribution in [1.29, 1.82) is 0 Å². The summed E-state index contributed by atoms with van der Waals surface area (Å²) in [6.07, 6.45) is -0.0629. The van der Waals surface area contributed by atoms with Crippen LogP contribution in [-0.4, -0.2) is 54.6 Å². The number of β-lactam (4-membered cyclic amide) rings is 1. The molecule has 2 saturated heterocycles. The SMILES string of the molecule is CC1(C)SC2(NC(=O)C(C(=O)O)c3ccsc3)CC(=O)N2[C@H]1C(=O)O. The lowest BCUT2D eigenvalue weighted by atomic mass is 9.95. The summed E-state index contributed by atoms with van der Waals surface area (Å²) in [5, 5.41) is 24.8. The van der Waals surface area contributed by atoms with E-state index in [1.165, 1.54) is 11.3 Å². The third kappa shape index (κ3) is 2.69. The largest absolute Gasteiger partial charge is 0.480 e. The number of rotatable bonds is 5. The van der Waals surface area contributed by atoms with Crippen LogP contribution in [0.1, 0.15) is 31.7 Å². The molecule has 0 saturated carbocycles. The predicted molar refractivity (Wildman–Crippen MR) is 90.1 cm³/mol. The Hall–Kier alpha value is -2.07. The number of nitrogens with zero attached hydrogens (tertiary/aromatic N) is 1. The van der Waals surface area contributed by atoms with Gasteiger partial charge in [-0.15, -0.1) is 11.8 Å². The van der Waals surface area contributed by atoms with E-state index < -0.39 is 39.5 Å². The Kier molecular flexibility index (Phi) is 4.07. The number of fused-ring (bicyclic) bond motifs is 1. The molecule has 0 bridgehead atoms. The second kappa shape index (κ2) is 5.73. The molecular weight excluding hydrogens is 368 g/mol. The van der Waals surface area contributed by atoms with Gasteiger partial charge in [0.05, 0.1) is 6.42 Å². The van der Waals surface area contributed by atoms with Gasteiger partial charge in [0.15, 0.2) is 10.9 Å². The molecule has 2 aliphatic rings. The number of hydrogen-bond donors (Lipinski definition) is 3. The molecule has 2 fully saturated rings. The highest BCUT2D eigenvalue weighted by Gasteiger charge is 2.68. The van der Waals surface area contributed by atoms with Gasteiger partial charge in [-0.05, 0) is 36.2 Å². The highest BCUT2D eigenvalue weighted by molar-refractivity contribution is 8.02. The highest BCUT2D eigenvalue weighted by atomic mass is 32.2. The number of carboxylic acids is 2. The molecule has 134 valence electrons. The van der Waals surface area contributed by atoms with Crippen molar-refractivity contribution in [2.24, 2.45) is 0 Å². The summed E-state index contributed by atoms with van der Waals surface area (Å²) >= 11 is 2.43. The summed E-state index contributed by atoms with van der Waals surface area (Å²) < 4.78 is -0.827. The second-order valence-electron chi connectivity index (χ2n) is 6.49. The molecule has 0 aromatic carbocycles. The van der Waals surface area contributed by atoms with Crippen LogP contribution in [0.2, 0.25) is 0 Å². The van der Waals surface area contributed by atoms with Crippen molar-refractivity contribution < 1.29 is 29.4 Å². The van der Waals surface area contributed by atoms with Crippen LogP contribution in [0.5, 0.6) is 0 Å². The molecule has 8 nitrogen and oxygen atoms in total. The minimum absolute atomic E-state index is 0.0629. The van der Waals surface area contributed by atoms with E-state index in [1.807, 2.05) is 0 Å². The first kappa shape index (κ1) is 17.7. The van der Waals surface area contributed by atoms with Crippen LogP contribution < -0.4 is 5.32 Å². The number of carboxylic acid groups (broad SMARTS) is 2. The maximum absolute atomic E-state index is 12.6. The van der Waals surface area contributed by atoms with E-state index in [9.17, 15) is 29.4 Å². The molecule has 0 spiro atoms. The van der Waals surface area contributed by atoms with Crippen LogP contribution in [0.3, 0.4) is 0 Å². The van der Waals surface area contributed by atoms with Crippen molar-refractivity contribution in [1.82, 2.24) is 10.2 Å². The van der Waals surface area contributed by atoms with E-state index in [0.717, 1.165) is 16.7 Å².